The van der Waals surface area contributed by atoms with E-state index in [9.17, 15) is 4.79 Å². The number of carbonyl (C=O) groups excluding carboxylic acids is 1. The molecule has 1 aromatic rings. The summed E-state index contributed by atoms with van der Waals surface area (Å²) in [5.74, 6) is 0.311. The van der Waals surface area contributed by atoms with Crippen molar-refractivity contribution >= 4 is 11.6 Å². The van der Waals surface area contributed by atoms with Gasteiger partial charge in [-0.05, 0) is 37.6 Å². The molecule has 1 amide bonds. The van der Waals surface area contributed by atoms with Crippen LogP contribution in [-0.4, -0.2) is 48.9 Å². The monoisotopic (exact) mass is 259 g/mol. The lowest BCUT2D eigenvalue weighted by Gasteiger charge is -2.35. The lowest BCUT2D eigenvalue weighted by molar-refractivity contribution is -0.135. The molecule has 1 aliphatic heterocycles. The van der Waals surface area contributed by atoms with Crippen LogP contribution in [0.15, 0.2) is 24.3 Å². The Balaban J connectivity index is 1.77. The van der Waals surface area contributed by atoms with Gasteiger partial charge in [0.1, 0.15) is 0 Å². The van der Waals surface area contributed by atoms with Crippen molar-refractivity contribution in [2.24, 2.45) is 0 Å². The summed E-state index contributed by atoms with van der Waals surface area (Å²) in [7, 11) is 2.11. The minimum Gasteiger partial charge on any atom is -0.399 e. The number of piperazine rings is 1. The number of hydrogen-bond acceptors (Lipinski definition) is 3. The number of benzene rings is 1. The third kappa shape index (κ3) is 2.21. The van der Waals surface area contributed by atoms with Gasteiger partial charge < -0.3 is 15.5 Å². The van der Waals surface area contributed by atoms with Crippen LogP contribution in [-0.2, 0) is 10.2 Å². The molecular formula is C15H21N3O. The number of nitrogens with zero attached hydrogens (tertiary/aromatic N) is 2. The highest BCUT2D eigenvalue weighted by Gasteiger charge is 2.53. The van der Waals surface area contributed by atoms with Crippen LogP contribution in [0.2, 0.25) is 0 Å². The predicted octanol–water partition coefficient (Wildman–Crippen LogP) is 1.07. The fourth-order valence-corrected chi connectivity index (χ4v) is 2.87. The maximum atomic E-state index is 12.8. The van der Waals surface area contributed by atoms with Crippen molar-refractivity contribution in [1.82, 2.24) is 9.80 Å². The van der Waals surface area contributed by atoms with Crippen molar-refractivity contribution in [1.29, 1.82) is 0 Å². The van der Waals surface area contributed by atoms with Gasteiger partial charge >= 0.3 is 0 Å². The van der Waals surface area contributed by atoms with Gasteiger partial charge in [-0.2, -0.15) is 0 Å². The maximum Gasteiger partial charge on any atom is 0.233 e. The first-order valence-corrected chi connectivity index (χ1v) is 6.96. The number of hydrogen-bond donors (Lipinski definition) is 1. The smallest absolute Gasteiger partial charge is 0.233 e. The molecule has 4 nitrogen and oxygen atoms in total. The molecule has 2 aliphatic rings. The average Bonchev–Trinajstić information content (AvgIpc) is 3.21. The zero-order valence-electron chi connectivity index (χ0n) is 11.4. The number of carbonyl (C=O) groups is 1. The van der Waals surface area contributed by atoms with Gasteiger partial charge in [0.15, 0.2) is 0 Å². The Bertz CT molecular complexity index is 471. The highest BCUT2D eigenvalue weighted by Crippen LogP contribution is 2.49. The minimum atomic E-state index is -0.246. The molecule has 1 aliphatic carbocycles. The van der Waals surface area contributed by atoms with E-state index in [1.54, 1.807) is 0 Å². The fraction of sp³-hybridized carbons (Fsp3) is 0.533. The Morgan fingerprint density at radius 3 is 2.21 bits per heavy atom. The van der Waals surface area contributed by atoms with Crippen molar-refractivity contribution in [2.45, 2.75) is 18.3 Å². The molecule has 2 fully saturated rings. The molecule has 102 valence electrons. The number of anilines is 1. The SMILES string of the molecule is CN1CCN(C(=O)C2(c3ccc(N)cc3)CC2)CC1. The lowest BCUT2D eigenvalue weighted by atomic mass is 9.94. The largest absolute Gasteiger partial charge is 0.399 e. The third-order valence-electron chi connectivity index (χ3n) is 4.41. The molecule has 0 aromatic heterocycles. The van der Waals surface area contributed by atoms with Crippen LogP contribution in [0.25, 0.3) is 0 Å². The summed E-state index contributed by atoms with van der Waals surface area (Å²) in [6.07, 6.45) is 1.95. The Labute approximate surface area is 114 Å². The first-order valence-electron chi connectivity index (χ1n) is 6.96. The van der Waals surface area contributed by atoms with Gasteiger partial charge in [-0.25, -0.2) is 0 Å². The van der Waals surface area contributed by atoms with Gasteiger partial charge in [-0.3, -0.25) is 4.79 Å². The Kier molecular flexibility index (Phi) is 2.97. The Hall–Kier alpha value is -1.55. The molecule has 1 saturated heterocycles. The highest BCUT2D eigenvalue weighted by molar-refractivity contribution is 5.91. The van der Waals surface area contributed by atoms with E-state index < -0.39 is 0 Å². The molecule has 0 atom stereocenters. The molecule has 2 N–H and O–H groups in total. The van der Waals surface area contributed by atoms with E-state index in [1.807, 2.05) is 29.2 Å². The molecule has 1 saturated carbocycles. The van der Waals surface area contributed by atoms with E-state index in [0.29, 0.717) is 5.91 Å². The molecule has 4 heteroatoms. The van der Waals surface area contributed by atoms with Gasteiger partial charge in [-0.15, -0.1) is 0 Å². The zero-order valence-corrected chi connectivity index (χ0v) is 11.4. The molecule has 0 unspecified atom stereocenters. The van der Waals surface area contributed by atoms with E-state index in [0.717, 1.165) is 50.3 Å². The summed E-state index contributed by atoms with van der Waals surface area (Å²) in [6, 6.07) is 7.81. The molecule has 1 heterocycles. The van der Waals surface area contributed by atoms with Crippen molar-refractivity contribution in [3.63, 3.8) is 0 Å². The summed E-state index contributed by atoms with van der Waals surface area (Å²) in [5, 5.41) is 0. The zero-order chi connectivity index (χ0) is 13.5. The lowest BCUT2D eigenvalue weighted by Crippen LogP contribution is -2.50. The molecule has 19 heavy (non-hydrogen) atoms. The van der Waals surface area contributed by atoms with Gasteiger partial charge in [0, 0.05) is 31.9 Å². The molecular weight excluding hydrogens is 238 g/mol. The van der Waals surface area contributed by atoms with Gasteiger partial charge in [-0.1, -0.05) is 12.1 Å². The summed E-state index contributed by atoms with van der Waals surface area (Å²) in [4.78, 5) is 17.1. The number of nitrogen functional groups attached to an aromatic ring is 1. The molecule has 3 rings (SSSR count). The minimum absolute atomic E-state index is 0.246. The van der Waals surface area contributed by atoms with Crippen LogP contribution in [0.3, 0.4) is 0 Å². The Morgan fingerprint density at radius 1 is 1.11 bits per heavy atom. The number of nitrogens with two attached hydrogens (primary N) is 1. The summed E-state index contributed by atoms with van der Waals surface area (Å²) in [6.45, 7) is 3.66. The van der Waals surface area contributed by atoms with E-state index in [1.165, 1.54) is 0 Å². The third-order valence-corrected chi connectivity index (χ3v) is 4.41. The number of rotatable bonds is 2. The topological polar surface area (TPSA) is 49.6 Å². The summed E-state index contributed by atoms with van der Waals surface area (Å²) < 4.78 is 0. The van der Waals surface area contributed by atoms with Crippen LogP contribution in [0.4, 0.5) is 5.69 Å². The maximum absolute atomic E-state index is 12.8. The number of amides is 1. The van der Waals surface area contributed by atoms with E-state index in [-0.39, 0.29) is 5.41 Å². The second-order valence-electron chi connectivity index (χ2n) is 5.80. The van der Waals surface area contributed by atoms with Crippen LogP contribution in [0.1, 0.15) is 18.4 Å². The van der Waals surface area contributed by atoms with Crippen molar-refractivity contribution in [2.75, 3.05) is 39.0 Å². The first kappa shape index (κ1) is 12.5. The molecule has 0 bridgehead atoms. The van der Waals surface area contributed by atoms with Gasteiger partial charge in [0.05, 0.1) is 5.41 Å². The summed E-state index contributed by atoms with van der Waals surface area (Å²) in [5.41, 5.74) is 7.36. The van der Waals surface area contributed by atoms with Crippen molar-refractivity contribution in [3.8, 4) is 0 Å². The normalized spacial score (nSPS) is 22.3. The quantitative estimate of drug-likeness (QED) is 0.808. The van der Waals surface area contributed by atoms with E-state index in [4.69, 9.17) is 5.73 Å². The van der Waals surface area contributed by atoms with Crippen LogP contribution in [0.5, 0.6) is 0 Å². The second-order valence-corrected chi connectivity index (χ2v) is 5.80. The predicted molar refractivity (Wildman–Crippen MR) is 75.8 cm³/mol. The number of likely N-dealkylation sites (N-methyl/N-ethyl adjacent to an activating group) is 1. The van der Waals surface area contributed by atoms with Crippen LogP contribution in [0, 0.1) is 0 Å². The molecule has 1 aromatic carbocycles. The average molecular weight is 259 g/mol. The van der Waals surface area contributed by atoms with Crippen molar-refractivity contribution < 1.29 is 4.79 Å². The van der Waals surface area contributed by atoms with Crippen molar-refractivity contribution in [3.05, 3.63) is 29.8 Å². The van der Waals surface area contributed by atoms with Gasteiger partial charge in [0.25, 0.3) is 0 Å². The van der Waals surface area contributed by atoms with E-state index >= 15 is 0 Å². The summed E-state index contributed by atoms with van der Waals surface area (Å²) >= 11 is 0. The highest BCUT2D eigenvalue weighted by atomic mass is 16.2. The van der Waals surface area contributed by atoms with Crippen LogP contribution < -0.4 is 5.73 Å². The van der Waals surface area contributed by atoms with E-state index in [2.05, 4.69) is 11.9 Å². The van der Waals surface area contributed by atoms with Crippen LogP contribution >= 0.6 is 0 Å². The molecule has 0 spiro atoms. The molecule has 0 radical (unpaired) electrons. The van der Waals surface area contributed by atoms with Gasteiger partial charge in [0.2, 0.25) is 5.91 Å². The fourth-order valence-electron chi connectivity index (χ4n) is 2.87. The first-order chi connectivity index (χ1) is 9.12. The second kappa shape index (κ2) is 4.53. The standard InChI is InChI=1S/C15H21N3O/c1-17-8-10-18(11-9-17)14(19)15(6-7-15)12-2-4-13(16)5-3-12/h2-5H,6-11,16H2,1H3. The Morgan fingerprint density at radius 2 is 1.68 bits per heavy atom.